The second-order valence-corrected chi connectivity index (χ2v) is 5.35. The number of hydrogen-bond donors (Lipinski definition) is 0. The monoisotopic (exact) mass is 288 g/mol. The van der Waals surface area contributed by atoms with Crippen molar-refractivity contribution in [2.45, 2.75) is 51.0 Å². The van der Waals surface area contributed by atoms with Gasteiger partial charge < -0.3 is 4.57 Å². The van der Waals surface area contributed by atoms with E-state index in [9.17, 15) is 18.0 Å². The third-order valence-corrected chi connectivity index (χ3v) is 4.01. The summed E-state index contributed by atoms with van der Waals surface area (Å²) in [5, 5.41) is 6.91. The van der Waals surface area contributed by atoms with Crippen molar-refractivity contribution in [2.24, 2.45) is 0 Å². The number of hydrogen-bond acceptors (Lipinski definition) is 4. The van der Waals surface area contributed by atoms with Gasteiger partial charge in [0.15, 0.2) is 0 Å². The van der Waals surface area contributed by atoms with Gasteiger partial charge in [0.25, 0.3) is 0 Å². The first-order chi connectivity index (χ1) is 9.45. The lowest BCUT2D eigenvalue weighted by Gasteiger charge is -2.36. The number of carbonyl (C=O) groups excluding carboxylic acids is 1. The molecule has 0 N–H and O–H groups in total. The summed E-state index contributed by atoms with van der Waals surface area (Å²) in [6.45, 7) is 1.06. The van der Waals surface area contributed by atoms with E-state index in [1.165, 1.54) is 0 Å². The third-order valence-electron chi connectivity index (χ3n) is 4.01. The Balaban J connectivity index is 1.76. The first kappa shape index (κ1) is 13.5. The second kappa shape index (κ2) is 4.83. The molecule has 1 aromatic heterocycles. The van der Waals surface area contributed by atoms with Crippen molar-refractivity contribution in [2.75, 3.05) is 6.54 Å². The van der Waals surface area contributed by atoms with E-state index >= 15 is 0 Å². The van der Waals surface area contributed by atoms with Crippen LogP contribution < -0.4 is 0 Å². The standard InChI is InChI=1S/C12H15F3N4O/c13-12(14,15)11-17-16-10-7-18(4-5-19(10)11)8-2-1-3-9(20)6-8/h8H,1-7H2. The fourth-order valence-electron chi connectivity index (χ4n) is 3.01. The molecule has 0 bridgehead atoms. The van der Waals surface area contributed by atoms with Gasteiger partial charge in [-0.05, 0) is 12.8 Å². The molecule has 1 aliphatic heterocycles. The van der Waals surface area contributed by atoms with Crippen molar-refractivity contribution >= 4 is 5.78 Å². The maximum atomic E-state index is 12.7. The van der Waals surface area contributed by atoms with Gasteiger partial charge in [-0.1, -0.05) is 0 Å². The van der Waals surface area contributed by atoms with Crippen LogP contribution in [0.2, 0.25) is 0 Å². The highest BCUT2D eigenvalue weighted by Gasteiger charge is 2.40. The summed E-state index contributed by atoms with van der Waals surface area (Å²) in [4.78, 5) is 13.5. The molecule has 1 saturated carbocycles. The van der Waals surface area contributed by atoms with Gasteiger partial charge in [-0.25, -0.2) is 0 Å². The Morgan fingerprint density at radius 1 is 1.20 bits per heavy atom. The lowest BCUT2D eigenvalue weighted by molar-refractivity contribution is -0.148. The van der Waals surface area contributed by atoms with Crippen LogP contribution in [-0.4, -0.2) is 38.0 Å². The van der Waals surface area contributed by atoms with E-state index in [0.717, 1.165) is 17.4 Å². The topological polar surface area (TPSA) is 51.0 Å². The molecule has 3 rings (SSSR count). The van der Waals surface area contributed by atoms with Gasteiger partial charge in [0.2, 0.25) is 5.82 Å². The van der Waals surface area contributed by atoms with Gasteiger partial charge in [0.05, 0.1) is 6.54 Å². The Bertz CT molecular complexity index is 525. The third kappa shape index (κ3) is 2.44. The number of halogens is 3. The number of aromatic nitrogens is 3. The zero-order chi connectivity index (χ0) is 14.3. The molecule has 1 aromatic rings. The summed E-state index contributed by atoms with van der Waals surface area (Å²) in [5.74, 6) is -0.349. The van der Waals surface area contributed by atoms with E-state index in [2.05, 4.69) is 15.1 Å². The molecule has 1 aliphatic carbocycles. The van der Waals surface area contributed by atoms with Crippen molar-refractivity contribution in [3.63, 3.8) is 0 Å². The number of rotatable bonds is 1. The molecular formula is C12H15F3N4O. The van der Waals surface area contributed by atoms with Crippen LogP contribution in [0.15, 0.2) is 0 Å². The highest BCUT2D eigenvalue weighted by Crippen LogP contribution is 2.30. The van der Waals surface area contributed by atoms with Crippen LogP contribution in [0.4, 0.5) is 13.2 Å². The zero-order valence-corrected chi connectivity index (χ0v) is 10.9. The zero-order valence-electron chi connectivity index (χ0n) is 10.9. The predicted molar refractivity (Wildman–Crippen MR) is 62.7 cm³/mol. The van der Waals surface area contributed by atoms with Crippen LogP contribution >= 0.6 is 0 Å². The molecule has 0 amide bonds. The molecule has 0 saturated heterocycles. The molecule has 2 aliphatic rings. The summed E-state index contributed by atoms with van der Waals surface area (Å²) in [6.07, 6.45) is -1.56. The van der Waals surface area contributed by atoms with E-state index in [4.69, 9.17) is 0 Å². The average Bonchev–Trinajstić information content (AvgIpc) is 2.81. The molecule has 1 unspecified atom stereocenters. The molecule has 1 atom stereocenters. The minimum absolute atomic E-state index is 0.135. The Morgan fingerprint density at radius 3 is 2.70 bits per heavy atom. The van der Waals surface area contributed by atoms with Gasteiger partial charge >= 0.3 is 6.18 Å². The van der Waals surface area contributed by atoms with Crippen molar-refractivity contribution in [1.29, 1.82) is 0 Å². The minimum Gasteiger partial charge on any atom is -0.305 e. The van der Waals surface area contributed by atoms with Crippen LogP contribution in [0.3, 0.4) is 0 Å². The lowest BCUT2D eigenvalue weighted by atomic mass is 9.93. The van der Waals surface area contributed by atoms with Crippen LogP contribution in [0.25, 0.3) is 0 Å². The minimum atomic E-state index is -4.46. The van der Waals surface area contributed by atoms with Gasteiger partial charge in [-0.3, -0.25) is 9.69 Å². The quantitative estimate of drug-likeness (QED) is 0.788. The summed E-state index contributed by atoms with van der Waals surface area (Å²) >= 11 is 0. The molecule has 0 spiro atoms. The Hall–Kier alpha value is -1.44. The van der Waals surface area contributed by atoms with Crippen LogP contribution in [0, 0.1) is 0 Å². The molecule has 8 heteroatoms. The van der Waals surface area contributed by atoms with E-state index in [-0.39, 0.29) is 18.4 Å². The second-order valence-electron chi connectivity index (χ2n) is 5.35. The number of nitrogens with zero attached hydrogens (tertiary/aromatic N) is 4. The lowest BCUT2D eigenvalue weighted by Crippen LogP contribution is -2.44. The summed E-state index contributed by atoms with van der Waals surface area (Å²) in [5.41, 5.74) is 0. The van der Waals surface area contributed by atoms with Crippen molar-refractivity contribution in [3.8, 4) is 0 Å². The SMILES string of the molecule is O=C1CCCC(N2CCn3c(nnc3C(F)(F)F)C2)C1. The predicted octanol–water partition coefficient (Wildman–Crippen LogP) is 1.62. The molecule has 20 heavy (non-hydrogen) atoms. The normalized spacial score (nSPS) is 24.8. The van der Waals surface area contributed by atoms with Crippen LogP contribution in [-0.2, 0) is 24.1 Å². The van der Waals surface area contributed by atoms with Gasteiger partial charge in [-0.15, -0.1) is 10.2 Å². The smallest absolute Gasteiger partial charge is 0.305 e. The maximum Gasteiger partial charge on any atom is 0.451 e. The molecule has 0 radical (unpaired) electrons. The highest BCUT2D eigenvalue weighted by molar-refractivity contribution is 5.79. The van der Waals surface area contributed by atoms with E-state index in [0.29, 0.717) is 31.8 Å². The molecule has 5 nitrogen and oxygen atoms in total. The number of carbonyl (C=O) groups is 1. The summed E-state index contributed by atoms with van der Waals surface area (Å²) < 4.78 is 39.3. The fraction of sp³-hybridized carbons (Fsp3) is 0.750. The molecule has 2 heterocycles. The summed E-state index contributed by atoms with van der Waals surface area (Å²) in [6, 6.07) is 0.135. The molecule has 1 fully saturated rings. The largest absolute Gasteiger partial charge is 0.451 e. The van der Waals surface area contributed by atoms with Crippen molar-refractivity contribution in [3.05, 3.63) is 11.6 Å². The number of Topliss-reactive ketones (excluding diaryl/α,β-unsaturated/α-hetero) is 1. The summed E-state index contributed by atoms with van der Waals surface area (Å²) in [7, 11) is 0. The highest BCUT2D eigenvalue weighted by atomic mass is 19.4. The molecular weight excluding hydrogens is 273 g/mol. The van der Waals surface area contributed by atoms with E-state index in [1.807, 2.05) is 0 Å². The Labute approximate surface area is 113 Å². The van der Waals surface area contributed by atoms with Crippen molar-refractivity contribution < 1.29 is 18.0 Å². The van der Waals surface area contributed by atoms with Gasteiger partial charge in [-0.2, -0.15) is 13.2 Å². The van der Waals surface area contributed by atoms with Crippen LogP contribution in [0.5, 0.6) is 0 Å². The molecule has 110 valence electrons. The Morgan fingerprint density at radius 2 is 2.00 bits per heavy atom. The fourth-order valence-corrected chi connectivity index (χ4v) is 3.01. The number of fused-ring (bicyclic) bond motifs is 1. The maximum absolute atomic E-state index is 12.7. The van der Waals surface area contributed by atoms with E-state index in [1.54, 1.807) is 0 Å². The van der Waals surface area contributed by atoms with Gasteiger partial charge in [0, 0.05) is 32.0 Å². The Kier molecular flexibility index (Phi) is 3.27. The van der Waals surface area contributed by atoms with Crippen molar-refractivity contribution in [1.82, 2.24) is 19.7 Å². The molecule has 0 aromatic carbocycles. The van der Waals surface area contributed by atoms with Gasteiger partial charge in [0.1, 0.15) is 11.6 Å². The number of ketones is 1. The first-order valence-corrected chi connectivity index (χ1v) is 6.70. The first-order valence-electron chi connectivity index (χ1n) is 6.70. The number of alkyl halides is 3. The van der Waals surface area contributed by atoms with Crippen LogP contribution in [0.1, 0.15) is 37.3 Å². The average molecular weight is 288 g/mol. The van der Waals surface area contributed by atoms with E-state index < -0.39 is 12.0 Å².